The van der Waals surface area contributed by atoms with Crippen molar-refractivity contribution in [3.8, 4) is 10.6 Å². The Kier molecular flexibility index (Phi) is 5.29. The first-order valence-electron chi connectivity index (χ1n) is 8.84. The summed E-state index contributed by atoms with van der Waals surface area (Å²) >= 11 is 7.61. The largest absolute Gasteiger partial charge is 0.318 e. The van der Waals surface area contributed by atoms with Crippen LogP contribution < -0.4 is 10.6 Å². The Morgan fingerprint density at radius 1 is 0.931 bits per heavy atom. The van der Waals surface area contributed by atoms with E-state index in [4.69, 9.17) is 11.6 Å². The minimum Gasteiger partial charge on any atom is -0.318 e. The van der Waals surface area contributed by atoms with Crippen LogP contribution >= 0.6 is 22.9 Å². The average molecular weight is 422 g/mol. The predicted molar refractivity (Wildman–Crippen MR) is 119 cm³/mol. The summed E-state index contributed by atoms with van der Waals surface area (Å²) in [5, 5.41) is 6.35. The van der Waals surface area contributed by atoms with Crippen LogP contribution in [0.3, 0.4) is 0 Å². The number of aromatic nitrogens is 1. The van der Waals surface area contributed by atoms with Crippen LogP contribution in [-0.2, 0) is 9.59 Å². The zero-order chi connectivity index (χ0) is 20.4. The van der Waals surface area contributed by atoms with Crippen molar-refractivity contribution in [1.82, 2.24) is 4.98 Å². The fourth-order valence-electron chi connectivity index (χ4n) is 2.78. The minimum atomic E-state index is -0.788. The maximum Gasteiger partial charge on any atom is 0.314 e. The normalized spacial score (nSPS) is 10.7. The number of hydrogen-bond donors (Lipinski definition) is 2. The van der Waals surface area contributed by atoms with Gasteiger partial charge in [0.2, 0.25) is 0 Å². The molecule has 2 amide bonds. The number of nitrogens with zero attached hydrogens (tertiary/aromatic N) is 1. The van der Waals surface area contributed by atoms with E-state index in [1.807, 2.05) is 24.3 Å². The molecular formula is C22H16ClN3O2S. The third-order valence-corrected chi connectivity index (χ3v) is 5.66. The molecule has 5 nitrogen and oxygen atoms in total. The van der Waals surface area contributed by atoms with E-state index in [1.165, 1.54) is 5.56 Å². The second-order valence-corrected chi connectivity index (χ2v) is 7.89. The summed E-state index contributed by atoms with van der Waals surface area (Å²) in [4.78, 5) is 28.9. The van der Waals surface area contributed by atoms with E-state index in [1.54, 1.807) is 47.7 Å². The third kappa shape index (κ3) is 4.29. The summed E-state index contributed by atoms with van der Waals surface area (Å²) in [6.45, 7) is 2.05. The Bertz CT molecular complexity index is 1220. The fraction of sp³-hybridized carbons (Fsp3) is 0.0455. The van der Waals surface area contributed by atoms with Crippen LogP contribution in [0.25, 0.3) is 20.8 Å². The molecule has 144 valence electrons. The van der Waals surface area contributed by atoms with Crippen molar-refractivity contribution in [2.75, 3.05) is 10.6 Å². The number of rotatable bonds is 3. The van der Waals surface area contributed by atoms with E-state index in [2.05, 4.69) is 28.6 Å². The van der Waals surface area contributed by atoms with Gasteiger partial charge in [-0.1, -0.05) is 29.8 Å². The van der Waals surface area contributed by atoms with Gasteiger partial charge in [-0.3, -0.25) is 9.59 Å². The van der Waals surface area contributed by atoms with E-state index in [9.17, 15) is 9.59 Å². The lowest BCUT2D eigenvalue weighted by Gasteiger charge is -2.08. The number of hydrogen-bond acceptors (Lipinski definition) is 4. The smallest absolute Gasteiger partial charge is 0.314 e. The Morgan fingerprint density at radius 2 is 1.66 bits per heavy atom. The molecule has 0 atom stereocenters. The molecule has 0 saturated heterocycles. The van der Waals surface area contributed by atoms with Crippen LogP contribution in [0.4, 0.5) is 11.4 Å². The van der Waals surface area contributed by atoms with E-state index < -0.39 is 11.8 Å². The number of fused-ring (bicyclic) bond motifs is 1. The molecule has 0 aliphatic carbocycles. The Balaban J connectivity index is 1.45. The molecule has 0 aliphatic heterocycles. The lowest BCUT2D eigenvalue weighted by Crippen LogP contribution is -2.29. The molecule has 3 aromatic carbocycles. The molecule has 1 heterocycles. The highest BCUT2D eigenvalue weighted by atomic mass is 35.5. The van der Waals surface area contributed by atoms with Crippen molar-refractivity contribution >= 4 is 56.3 Å². The van der Waals surface area contributed by atoms with Gasteiger partial charge in [-0.25, -0.2) is 4.98 Å². The highest BCUT2D eigenvalue weighted by molar-refractivity contribution is 7.21. The van der Waals surface area contributed by atoms with Crippen molar-refractivity contribution in [3.05, 3.63) is 77.3 Å². The first-order valence-corrected chi connectivity index (χ1v) is 10.0. The van der Waals surface area contributed by atoms with Crippen molar-refractivity contribution < 1.29 is 9.59 Å². The van der Waals surface area contributed by atoms with Crippen molar-refractivity contribution in [2.24, 2.45) is 0 Å². The third-order valence-electron chi connectivity index (χ3n) is 4.26. The highest BCUT2D eigenvalue weighted by Gasteiger charge is 2.15. The van der Waals surface area contributed by atoms with E-state index in [0.717, 1.165) is 20.8 Å². The van der Waals surface area contributed by atoms with Crippen molar-refractivity contribution in [2.45, 2.75) is 6.92 Å². The number of carbonyl (C=O) groups is 2. The van der Waals surface area contributed by atoms with Gasteiger partial charge in [0.1, 0.15) is 5.01 Å². The summed E-state index contributed by atoms with van der Waals surface area (Å²) in [5.74, 6) is -1.56. The molecule has 29 heavy (non-hydrogen) atoms. The van der Waals surface area contributed by atoms with Gasteiger partial charge in [0.25, 0.3) is 0 Å². The van der Waals surface area contributed by atoms with Gasteiger partial charge in [0, 0.05) is 11.3 Å². The van der Waals surface area contributed by atoms with Crippen molar-refractivity contribution in [3.63, 3.8) is 0 Å². The number of nitrogens with one attached hydrogen (secondary N) is 2. The summed E-state index contributed by atoms with van der Waals surface area (Å²) < 4.78 is 1.13. The van der Waals surface area contributed by atoms with Gasteiger partial charge in [0.15, 0.2) is 0 Å². The SMILES string of the molecule is Cc1ccc2nc(-c3ccc(NC(=O)C(=O)Nc4ccccc4Cl)cc3)sc2c1. The highest BCUT2D eigenvalue weighted by Crippen LogP contribution is 2.31. The minimum absolute atomic E-state index is 0.365. The van der Waals surface area contributed by atoms with Gasteiger partial charge < -0.3 is 10.6 Å². The fourth-order valence-corrected chi connectivity index (χ4v) is 4.03. The van der Waals surface area contributed by atoms with E-state index >= 15 is 0 Å². The molecule has 0 radical (unpaired) electrons. The summed E-state index contributed by atoms with van der Waals surface area (Å²) in [5.41, 5.74) is 4.01. The lowest BCUT2D eigenvalue weighted by molar-refractivity contribution is -0.132. The Hall–Kier alpha value is -3.22. The monoisotopic (exact) mass is 421 g/mol. The van der Waals surface area contributed by atoms with Crippen LogP contribution in [0, 0.1) is 6.92 Å². The van der Waals surface area contributed by atoms with Crippen LogP contribution in [0.5, 0.6) is 0 Å². The van der Waals surface area contributed by atoms with E-state index in [0.29, 0.717) is 16.4 Å². The predicted octanol–water partition coefficient (Wildman–Crippen LogP) is 5.50. The number of para-hydroxylation sites is 1. The number of carbonyl (C=O) groups excluding carboxylic acids is 2. The molecule has 0 saturated carbocycles. The van der Waals surface area contributed by atoms with Crippen LogP contribution in [0.1, 0.15) is 5.56 Å². The zero-order valence-corrected chi connectivity index (χ0v) is 17.0. The summed E-state index contributed by atoms with van der Waals surface area (Å²) in [7, 11) is 0. The molecular weight excluding hydrogens is 406 g/mol. The standard InChI is InChI=1S/C22H16ClN3O2S/c1-13-6-11-18-19(12-13)29-22(26-18)14-7-9-15(10-8-14)24-20(27)21(28)25-17-5-3-2-4-16(17)23/h2-12H,1H3,(H,24,27)(H,25,28). The van der Waals surface area contributed by atoms with Crippen LogP contribution in [-0.4, -0.2) is 16.8 Å². The summed E-state index contributed by atoms with van der Waals surface area (Å²) in [6.07, 6.45) is 0. The quantitative estimate of drug-likeness (QED) is 0.429. The second kappa shape index (κ2) is 8.03. The van der Waals surface area contributed by atoms with Gasteiger partial charge in [-0.15, -0.1) is 11.3 Å². The number of halogens is 1. The molecule has 4 rings (SSSR count). The molecule has 0 spiro atoms. The number of benzene rings is 3. The molecule has 1 aromatic heterocycles. The topological polar surface area (TPSA) is 71.1 Å². The molecule has 2 N–H and O–H groups in total. The van der Waals surface area contributed by atoms with Gasteiger partial charge in [-0.05, 0) is 61.0 Å². The molecule has 7 heteroatoms. The van der Waals surface area contributed by atoms with Crippen LogP contribution in [0.15, 0.2) is 66.7 Å². The maximum absolute atomic E-state index is 12.2. The van der Waals surface area contributed by atoms with Gasteiger partial charge in [-0.2, -0.15) is 0 Å². The number of thiazole rings is 1. The van der Waals surface area contributed by atoms with Gasteiger partial charge >= 0.3 is 11.8 Å². The number of aryl methyl sites for hydroxylation is 1. The maximum atomic E-state index is 12.2. The molecule has 0 aliphatic rings. The van der Waals surface area contributed by atoms with Crippen LogP contribution in [0.2, 0.25) is 5.02 Å². The lowest BCUT2D eigenvalue weighted by atomic mass is 10.2. The van der Waals surface area contributed by atoms with E-state index in [-0.39, 0.29) is 0 Å². The molecule has 4 aromatic rings. The molecule has 0 bridgehead atoms. The average Bonchev–Trinajstić information content (AvgIpc) is 3.13. The Labute approximate surface area is 176 Å². The van der Waals surface area contributed by atoms with Crippen molar-refractivity contribution in [1.29, 1.82) is 0 Å². The second-order valence-electron chi connectivity index (χ2n) is 6.46. The molecule has 0 unspecified atom stereocenters. The van der Waals surface area contributed by atoms with Gasteiger partial charge in [0.05, 0.1) is 20.9 Å². The number of amides is 2. The summed E-state index contributed by atoms with van der Waals surface area (Å²) in [6, 6.07) is 20.1. The number of anilines is 2. The zero-order valence-electron chi connectivity index (χ0n) is 15.4. The first-order chi connectivity index (χ1) is 14.0. The molecule has 0 fully saturated rings. The Morgan fingerprint density at radius 3 is 2.41 bits per heavy atom. The first kappa shape index (κ1) is 19.1.